The number of rotatable bonds is 0. The Morgan fingerprint density at radius 2 is 1.90 bits per heavy atom. The maximum absolute atomic E-state index is 9.21. The molecule has 2 nitrogen and oxygen atoms in total. The van der Waals surface area contributed by atoms with Gasteiger partial charge in [-0.1, -0.05) is 0 Å². The van der Waals surface area contributed by atoms with Crippen molar-refractivity contribution in [1.29, 1.82) is 0 Å². The van der Waals surface area contributed by atoms with Crippen LogP contribution in [0.2, 0.25) is 0 Å². The summed E-state index contributed by atoms with van der Waals surface area (Å²) in [5.41, 5.74) is 5.99. The standard InChI is InChI=1S/C6H5Br2NO/c7-3-1-2-4(9)5(8)6(3)10/h1-2,10H,9H2. The van der Waals surface area contributed by atoms with E-state index in [2.05, 4.69) is 31.9 Å². The molecule has 0 saturated heterocycles. The second-order valence-corrected chi connectivity index (χ2v) is 3.45. The average molecular weight is 267 g/mol. The number of anilines is 1. The van der Waals surface area contributed by atoms with E-state index in [-0.39, 0.29) is 5.75 Å². The fourth-order valence-corrected chi connectivity index (χ4v) is 1.50. The number of halogens is 2. The zero-order chi connectivity index (χ0) is 7.72. The van der Waals surface area contributed by atoms with Crippen LogP contribution < -0.4 is 5.73 Å². The zero-order valence-corrected chi connectivity index (χ0v) is 8.11. The van der Waals surface area contributed by atoms with Gasteiger partial charge in [0.15, 0.2) is 0 Å². The predicted octanol–water partition coefficient (Wildman–Crippen LogP) is 2.50. The van der Waals surface area contributed by atoms with Crippen molar-refractivity contribution < 1.29 is 5.11 Å². The molecule has 0 unspecified atom stereocenters. The maximum atomic E-state index is 9.21. The number of aromatic hydroxyl groups is 1. The topological polar surface area (TPSA) is 46.2 Å². The number of hydrogen-bond acceptors (Lipinski definition) is 2. The van der Waals surface area contributed by atoms with Gasteiger partial charge in [-0.2, -0.15) is 0 Å². The molecule has 0 aliphatic carbocycles. The summed E-state index contributed by atoms with van der Waals surface area (Å²) in [6, 6.07) is 3.39. The monoisotopic (exact) mass is 265 g/mol. The van der Waals surface area contributed by atoms with Crippen molar-refractivity contribution in [1.82, 2.24) is 0 Å². The molecule has 0 bridgehead atoms. The Morgan fingerprint density at radius 3 is 2.40 bits per heavy atom. The van der Waals surface area contributed by atoms with E-state index in [9.17, 15) is 5.11 Å². The molecular formula is C6H5Br2NO. The van der Waals surface area contributed by atoms with Gasteiger partial charge in [0.1, 0.15) is 5.75 Å². The van der Waals surface area contributed by atoms with E-state index in [1.54, 1.807) is 12.1 Å². The van der Waals surface area contributed by atoms with Gasteiger partial charge >= 0.3 is 0 Å². The van der Waals surface area contributed by atoms with Crippen LogP contribution in [0.15, 0.2) is 21.1 Å². The van der Waals surface area contributed by atoms with Gasteiger partial charge < -0.3 is 10.8 Å². The molecule has 0 heterocycles. The SMILES string of the molecule is Nc1ccc(Br)c(O)c1Br. The molecule has 1 aromatic rings. The minimum atomic E-state index is 0.139. The smallest absolute Gasteiger partial charge is 0.146 e. The lowest BCUT2D eigenvalue weighted by Gasteiger charge is -2.01. The first-order chi connectivity index (χ1) is 4.63. The molecule has 0 radical (unpaired) electrons. The van der Waals surface area contributed by atoms with E-state index >= 15 is 0 Å². The quantitative estimate of drug-likeness (QED) is 0.709. The minimum Gasteiger partial charge on any atom is -0.505 e. The number of benzene rings is 1. The molecule has 4 heteroatoms. The Kier molecular flexibility index (Phi) is 2.21. The Hall–Kier alpha value is -0.220. The van der Waals surface area contributed by atoms with Crippen molar-refractivity contribution in [2.24, 2.45) is 0 Å². The summed E-state index contributed by atoms with van der Waals surface area (Å²) in [4.78, 5) is 0. The third kappa shape index (κ3) is 1.27. The fraction of sp³-hybridized carbons (Fsp3) is 0. The Balaban J connectivity index is 3.34. The van der Waals surface area contributed by atoms with E-state index in [0.29, 0.717) is 14.6 Å². The van der Waals surface area contributed by atoms with Crippen molar-refractivity contribution in [3.8, 4) is 5.75 Å². The van der Waals surface area contributed by atoms with Crippen LogP contribution in [0.25, 0.3) is 0 Å². The second kappa shape index (κ2) is 2.80. The van der Waals surface area contributed by atoms with Crippen LogP contribution in [0.4, 0.5) is 5.69 Å². The lowest BCUT2D eigenvalue weighted by molar-refractivity contribution is 0.469. The summed E-state index contributed by atoms with van der Waals surface area (Å²) < 4.78 is 1.16. The first kappa shape index (κ1) is 7.88. The molecule has 10 heavy (non-hydrogen) atoms. The van der Waals surface area contributed by atoms with Gasteiger partial charge in [-0.3, -0.25) is 0 Å². The first-order valence-corrected chi connectivity index (χ1v) is 4.14. The van der Waals surface area contributed by atoms with Crippen molar-refractivity contribution in [2.45, 2.75) is 0 Å². The molecular weight excluding hydrogens is 262 g/mol. The lowest BCUT2D eigenvalue weighted by atomic mass is 10.3. The summed E-state index contributed by atoms with van der Waals surface area (Å²) in [6.07, 6.45) is 0. The Morgan fingerprint density at radius 1 is 1.30 bits per heavy atom. The van der Waals surface area contributed by atoms with Crippen LogP contribution in [0.5, 0.6) is 5.75 Å². The van der Waals surface area contributed by atoms with E-state index in [0.717, 1.165) is 0 Å². The average Bonchev–Trinajstić information content (AvgIpc) is 1.93. The number of phenolic OH excluding ortho intramolecular Hbond substituents is 1. The van der Waals surface area contributed by atoms with Crippen LogP contribution in [-0.4, -0.2) is 5.11 Å². The van der Waals surface area contributed by atoms with Crippen LogP contribution in [-0.2, 0) is 0 Å². The van der Waals surface area contributed by atoms with E-state index in [1.165, 1.54) is 0 Å². The molecule has 0 atom stereocenters. The Bertz CT molecular complexity index is 235. The maximum Gasteiger partial charge on any atom is 0.146 e. The molecule has 0 saturated carbocycles. The molecule has 54 valence electrons. The molecule has 0 aromatic heterocycles. The summed E-state index contributed by atoms with van der Waals surface area (Å²) in [5, 5.41) is 9.21. The number of phenols is 1. The third-order valence-corrected chi connectivity index (χ3v) is 2.57. The van der Waals surface area contributed by atoms with Gasteiger partial charge in [0.2, 0.25) is 0 Å². The van der Waals surface area contributed by atoms with Gasteiger partial charge in [0, 0.05) is 5.69 Å². The molecule has 0 amide bonds. The highest BCUT2D eigenvalue weighted by molar-refractivity contribution is 9.11. The van der Waals surface area contributed by atoms with E-state index in [1.807, 2.05) is 0 Å². The number of nitrogen functional groups attached to an aromatic ring is 1. The lowest BCUT2D eigenvalue weighted by Crippen LogP contribution is -1.85. The molecule has 3 N–H and O–H groups in total. The highest BCUT2D eigenvalue weighted by Crippen LogP contribution is 2.35. The summed E-state index contributed by atoms with van der Waals surface area (Å²) in [6.45, 7) is 0. The van der Waals surface area contributed by atoms with Gasteiger partial charge in [0.25, 0.3) is 0 Å². The molecule has 1 aromatic carbocycles. The van der Waals surface area contributed by atoms with Crippen LogP contribution >= 0.6 is 31.9 Å². The van der Waals surface area contributed by atoms with E-state index < -0.39 is 0 Å². The van der Waals surface area contributed by atoms with E-state index in [4.69, 9.17) is 5.73 Å². The van der Waals surface area contributed by atoms with Gasteiger partial charge in [0.05, 0.1) is 8.95 Å². The van der Waals surface area contributed by atoms with Crippen molar-refractivity contribution in [3.63, 3.8) is 0 Å². The normalized spacial score (nSPS) is 9.80. The molecule has 0 aliphatic heterocycles. The van der Waals surface area contributed by atoms with Gasteiger partial charge in [-0.15, -0.1) is 0 Å². The summed E-state index contributed by atoms with van der Waals surface area (Å²) >= 11 is 6.27. The zero-order valence-electron chi connectivity index (χ0n) is 4.94. The molecule has 0 fully saturated rings. The third-order valence-electron chi connectivity index (χ3n) is 1.10. The van der Waals surface area contributed by atoms with Crippen molar-refractivity contribution in [2.75, 3.05) is 5.73 Å². The number of nitrogens with two attached hydrogens (primary N) is 1. The first-order valence-electron chi connectivity index (χ1n) is 2.55. The minimum absolute atomic E-state index is 0.139. The van der Waals surface area contributed by atoms with Crippen LogP contribution in [0.3, 0.4) is 0 Å². The predicted molar refractivity (Wildman–Crippen MR) is 47.9 cm³/mol. The van der Waals surface area contributed by atoms with Crippen LogP contribution in [0, 0.1) is 0 Å². The van der Waals surface area contributed by atoms with Crippen LogP contribution in [0.1, 0.15) is 0 Å². The van der Waals surface area contributed by atoms with Crippen molar-refractivity contribution in [3.05, 3.63) is 21.1 Å². The highest BCUT2D eigenvalue weighted by atomic mass is 79.9. The molecule has 1 rings (SSSR count). The summed E-state index contributed by atoms with van der Waals surface area (Å²) in [7, 11) is 0. The molecule has 0 spiro atoms. The highest BCUT2D eigenvalue weighted by Gasteiger charge is 2.04. The number of hydrogen-bond donors (Lipinski definition) is 2. The Labute approximate surface area is 75.3 Å². The largest absolute Gasteiger partial charge is 0.505 e. The van der Waals surface area contributed by atoms with Crippen molar-refractivity contribution >= 4 is 37.5 Å². The second-order valence-electron chi connectivity index (χ2n) is 1.80. The summed E-state index contributed by atoms with van der Waals surface area (Å²) in [5.74, 6) is 0.139. The fourth-order valence-electron chi connectivity index (χ4n) is 0.557. The van der Waals surface area contributed by atoms with Gasteiger partial charge in [-0.05, 0) is 44.0 Å². The van der Waals surface area contributed by atoms with Gasteiger partial charge in [-0.25, -0.2) is 0 Å². The molecule has 0 aliphatic rings.